The number of alkyl halides is 3. The number of halogens is 3. The highest BCUT2D eigenvalue weighted by Crippen LogP contribution is 2.29. The molecule has 23 heavy (non-hydrogen) atoms. The van der Waals surface area contributed by atoms with Crippen LogP contribution in [0.5, 0.6) is 0 Å². The number of fused-ring (bicyclic) bond motifs is 1. The van der Waals surface area contributed by atoms with Crippen molar-refractivity contribution in [3.63, 3.8) is 0 Å². The molecule has 0 aliphatic heterocycles. The Balaban J connectivity index is 1.83. The van der Waals surface area contributed by atoms with Gasteiger partial charge < -0.3 is 9.47 Å². The summed E-state index contributed by atoms with van der Waals surface area (Å²) in [5, 5.41) is 0. The average molecular weight is 320 g/mol. The molecule has 120 valence electrons. The number of aryl methyl sites for hydroxylation is 1. The average Bonchev–Trinajstić information content (AvgIpc) is 2.83. The minimum atomic E-state index is -4.37. The topological polar surface area (TPSA) is 34.0 Å². The molecule has 0 aliphatic rings. The Morgan fingerprint density at radius 3 is 2.48 bits per heavy atom. The van der Waals surface area contributed by atoms with Gasteiger partial charge in [-0.1, -0.05) is 12.1 Å². The van der Waals surface area contributed by atoms with Crippen LogP contribution in [-0.2, 0) is 19.8 Å². The molecule has 0 fully saturated rings. The first-order valence-corrected chi connectivity index (χ1v) is 7.01. The molecule has 0 radical (unpaired) electrons. The highest BCUT2D eigenvalue weighted by atomic mass is 19.4. The van der Waals surface area contributed by atoms with Crippen molar-refractivity contribution in [1.82, 2.24) is 14.5 Å². The molecular formula is C16H15F3N4. The fraction of sp³-hybridized carbons (Fsp3) is 0.250. The van der Waals surface area contributed by atoms with Crippen molar-refractivity contribution in [2.75, 3.05) is 11.9 Å². The number of imidazole rings is 1. The molecule has 2 aromatic heterocycles. The van der Waals surface area contributed by atoms with E-state index >= 15 is 0 Å². The minimum absolute atomic E-state index is 0.448. The van der Waals surface area contributed by atoms with Gasteiger partial charge in [0.1, 0.15) is 11.6 Å². The number of anilines is 1. The van der Waals surface area contributed by atoms with E-state index in [0.717, 1.165) is 29.1 Å². The fourth-order valence-corrected chi connectivity index (χ4v) is 2.41. The Bertz CT molecular complexity index is 821. The van der Waals surface area contributed by atoms with Crippen molar-refractivity contribution in [1.29, 1.82) is 0 Å². The van der Waals surface area contributed by atoms with E-state index in [9.17, 15) is 13.2 Å². The molecule has 3 rings (SSSR count). The number of hydrogen-bond donors (Lipinski definition) is 0. The van der Waals surface area contributed by atoms with Gasteiger partial charge in [-0.05, 0) is 24.3 Å². The lowest BCUT2D eigenvalue weighted by atomic mass is 10.2. The standard InChI is InChI=1S/C16H15F3N4/c1-22(14-8-7-11(9-20-14)16(17,18)19)10-15-21-12-5-3-4-6-13(12)23(15)2/h3-9H,10H2,1-2H3. The molecule has 3 aromatic rings. The summed E-state index contributed by atoms with van der Waals surface area (Å²) in [5.41, 5.74) is 1.15. The molecule has 0 amide bonds. The van der Waals surface area contributed by atoms with Gasteiger partial charge in [0.05, 0.1) is 23.1 Å². The molecule has 0 N–H and O–H groups in total. The van der Waals surface area contributed by atoms with Crippen LogP contribution >= 0.6 is 0 Å². The molecule has 0 bridgehead atoms. The van der Waals surface area contributed by atoms with Crippen LogP contribution in [-0.4, -0.2) is 21.6 Å². The zero-order valence-corrected chi connectivity index (χ0v) is 12.7. The van der Waals surface area contributed by atoms with Crippen molar-refractivity contribution in [3.8, 4) is 0 Å². The van der Waals surface area contributed by atoms with Crippen molar-refractivity contribution < 1.29 is 13.2 Å². The number of hydrogen-bond acceptors (Lipinski definition) is 3. The number of nitrogens with zero attached hydrogens (tertiary/aromatic N) is 4. The van der Waals surface area contributed by atoms with Gasteiger partial charge in [0, 0.05) is 20.3 Å². The van der Waals surface area contributed by atoms with Gasteiger partial charge >= 0.3 is 6.18 Å². The van der Waals surface area contributed by atoms with Crippen LogP contribution in [0.15, 0.2) is 42.6 Å². The Labute approximate surface area is 131 Å². The molecule has 0 saturated carbocycles. The first-order chi connectivity index (χ1) is 10.9. The molecule has 0 aliphatic carbocycles. The van der Waals surface area contributed by atoms with Gasteiger partial charge in [-0.25, -0.2) is 9.97 Å². The van der Waals surface area contributed by atoms with Gasteiger partial charge in [0.2, 0.25) is 0 Å². The molecule has 0 saturated heterocycles. The van der Waals surface area contributed by atoms with Crippen molar-refractivity contribution in [3.05, 3.63) is 54.0 Å². The van der Waals surface area contributed by atoms with Crippen LogP contribution in [0.3, 0.4) is 0 Å². The van der Waals surface area contributed by atoms with E-state index in [1.54, 1.807) is 11.9 Å². The summed E-state index contributed by atoms with van der Waals surface area (Å²) >= 11 is 0. The van der Waals surface area contributed by atoms with E-state index < -0.39 is 11.7 Å². The second-order valence-corrected chi connectivity index (χ2v) is 5.33. The van der Waals surface area contributed by atoms with E-state index in [1.807, 2.05) is 35.9 Å². The van der Waals surface area contributed by atoms with Gasteiger partial charge in [-0.15, -0.1) is 0 Å². The number of benzene rings is 1. The quantitative estimate of drug-likeness (QED) is 0.739. The van der Waals surface area contributed by atoms with Crippen molar-refractivity contribution >= 4 is 16.9 Å². The summed E-state index contributed by atoms with van der Waals surface area (Å²) in [7, 11) is 3.69. The van der Waals surface area contributed by atoms with Gasteiger partial charge in [0.15, 0.2) is 0 Å². The fourth-order valence-electron chi connectivity index (χ4n) is 2.41. The van der Waals surface area contributed by atoms with Gasteiger partial charge in [-0.2, -0.15) is 13.2 Å². The molecular weight excluding hydrogens is 305 g/mol. The molecule has 0 spiro atoms. The third-order valence-electron chi connectivity index (χ3n) is 3.72. The Morgan fingerprint density at radius 1 is 1.13 bits per heavy atom. The summed E-state index contributed by atoms with van der Waals surface area (Å²) in [5.74, 6) is 1.28. The first-order valence-electron chi connectivity index (χ1n) is 7.01. The van der Waals surface area contributed by atoms with Crippen molar-refractivity contribution in [2.45, 2.75) is 12.7 Å². The summed E-state index contributed by atoms with van der Waals surface area (Å²) in [6.07, 6.45) is -3.53. The predicted octanol–water partition coefficient (Wildman–Crippen LogP) is 3.62. The normalized spacial score (nSPS) is 11.9. The molecule has 4 nitrogen and oxygen atoms in total. The van der Waals surface area contributed by atoms with Crippen LogP contribution in [0.2, 0.25) is 0 Å². The first kappa shape index (κ1) is 15.3. The molecule has 2 heterocycles. The van der Waals surface area contributed by atoms with Crippen LogP contribution in [0.25, 0.3) is 11.0 Å². The van der Waals surface area contributed by atoms with Gasteiger partial charge in [-0.3, -0.25) is 0 Å². The molecule has 0 atom stereocenters. The summed E-state index contributed by atoms with van der Waals surface area (Å²) in [4.78, 5) is 10.2. The second-order valence-electron chi connectivity index (χ2n) is 5.33. The summed E-state index contributed by atoms with van der Waals surface area (Å²) < 4.78 is 39.7. The maximum Gasteiger partial charge on any atom is 0.417 e. The number of aromatic nitrogens is 3. The lowest BCUT2D eigenvalue weighted by molar-refractivity contribution is -0.137. The third kappa shape index (κ3) is 2.99. The number of rotatable bonds is 3. The lowest BCUT2D eigenvalue weighted by Gasteiger charge is -2.18. The Morgan fingerprint density at radius 2 is 1.87 bits per heavy atom. The van der Waals surface area contributed by atoms with Crippen LogP contribution in [0.1, 0.15) is 11.4 Å². The smallest absolute Gasteiger partial charge is 0.352 e. The summed E-state index contributed by atoms with van der Waals surface area (Å²) in [6, 6.07) is 10.2. The zero-order valence-electron chi connectivity index (χ0n) is 12.7. The highest BCUT2D eigenvalue weighted by Gasteiger charge is 2.30. The molecule has 7 heteroatoms. The molecule has 0 unspecified atom stereocenters. The maximum absolute atomic E-state index is 12.6. The van der Waals surface area contributed by atoms with E-state index in [2.05, 4.69) is 9.97 Å². The lowest BCUT2D eigenvalue weighted by Crippen LogP contribution is -2.20. The minimum Gasteiger partial charge on any atom is -0.352 e. The van der Waals surface area contributed by atoms with Crippen LogP contribution in [0.4, 0.5) is 19.0 Å². The maximum atomic E-state index is 12.6. The van der Waals surface area contributed by atoms with Crippen molar-refractivity contribution in [2.24, 2.45) is 7.05 Å². The Hall–Kier alpha value is -2.57. The Kier molecular flexibility index (Phi) is 3.71. The van der Waals surface area contributed by atoms with E-state index in [0.29, 0.717) is 12.4 Å². The zero-order chi connectivity index (χ0) is 16.6. The largest absolute Gasteiger partial charge is 0.417 e. The van der Waals surface area contributed by atoms with Gasteiger partial charge in [0.25, 0.3) is 0 Å². The van der Waals surface area contributed by atoms with E-state index in [4.69, 9.17) is 0 Å². The highest BCUT2D eigenvalue weighted by molar-refractivity contribution is 5.75. The molecule has 1 aromatic carbocycles. The number of pyridine rings is 1. The second kappa shape index (κ2) is 5.57. The third-order valence-corrected chi connectivity index (χ3v) is 3.72. The predicted molar refractivity (Wildman–Crippen MR) is 82.1 cm³/mol. The van der Waals surface area contributed by atoms with E-state index in [-0.39, 0.29) is 0 Å². The van der Waals surface area contributed by atoms with E-state index in [1.165, 1.54) is 6.07 Å². The SMILES string of the molecule is CN(Cc1nc2ccccc2n1C)c1ccc(C(F)(F)F)cn1. The summed E-state index contributed by atoms with van der Waals surface area (Å²) in [6.45, 7) is 0.448. The number of para-hydroxylation sites is 2. The van der Waals surface area contributed by atoms with Crippen LogP contribution in [0, 0.1) is 0 Å². The van der Waals surface area contributed by atoms with Crippen LogP contribution < -0.4 is 4.90 Å². The monoisotopic (exact) mass is 320 g/mol.